The Morgan fingerprint density at radius 2 is 1.53 bits per heavy atom. The Labute approximate surface area is 116 Å². The molecule has 0 bridgehead atoms. The van der Waals surface area contributed by atoms with Gasteiger partial charge in [-0.3, -0.25) is 9.59 Å². The zero-order valence-electron chi connectivity index (χ0n) is 12.4. The summed E-state index contributed by atoms with van der Waals surface area (Å²) in [6, 6.07) is 0. The number of aliphatic hydroxyl groups excluding tert-OH is 1. The largest absolute Gasteiger partial charge is 0.396 e. The van der Waals surface area contributed by atoms with Crippen molar-refractivity contribution in [2.75, 3.05) is 13.2 Å². The molecule has 5 heteroatoms. The molecule has 19 heavy (non-hydrogen) atoms. The van der Waals surface area contributed by atoms with E-state index in [1.807, 2.05) is 20.8 Å². The van der Waals surface area contributed by atoms with Crippen LogP contribution in [0.3, 0.4) is 0 Å². The van der Waals surface area contributed by atoms with Crippen LogP contribution in [0.1, 0.15) is 59.3 Å². The lowest BCUT2D eigenvalue weighted by atomic mass is 10.1. The van der Waals surface area contributed by atoms with Crippen molar-refractivity contribution < 1.29 is 14.7 Å². The lowest BCUT2D eigenvalue weighted by molar-refractivity contribution is -0.127. The maximum atomic E-state index is 11.5. The van der Waals surface area contributed by atoms with Crippen molar-refractivity contribution in [2.45, 2.75) is 64.8 Å². The fourth-order valence-corrected chi connectivity index (χ4v) is 1.61. The van der Waals surface area contributed by atoms with E-state index in [9.17, 15) is 9.59 Å². The Hall–Kier alpha value is -1.10. The molecule has 0 atom stereocenters. The molecule has 0 aliphatic heterocycles. The summed E-state index contributed by atoms with van der Waals surface area (Å²) >= 11 is 0. The second-order valence-electron chi connectivity index (χ2n) is 5.79. The maximum absolute atomic E-state index is 11.5. The van der Waals surface area contributed by atoms with Crippen LogP contribution in [0.5, 0.6) is 0 Å². The number of hydrogen-bond donors (Lipinski definition) is 3. The SMILES string of the molecule is CC(C)(C)NC(=O)CCC(=O)NCCCCCCO. The molecule has 0 heterocycles. The van der Waals surface area contributed by atoms with E-state index in [0.717, 1.165) is 25.7 Å². The summed E-state index contributed by atoms with van der Waals surface area (Å²) in [5.41, 5.74) is -0.250. The Morgan fingerprint density at radius 1 is 0.947 bits per heavy atom. The number of nitrogens with one attached hydrogen (secondary N) is 2. The van der Waals surface area contributed by atoms with Crippen molar-refractivity contribution in [3.8, 4) is 0 Å². The molecule has 112 valence electrons. The van der Waals surface area contributed by atoms with E-state index in [-0.39, 0.29) is 36.8 Å². The van der Waals surface area contributed by atoms with Gasteiger partial charge >= 0.3 is 0 Å². The van der Waals surface area contributed by atoms with E-state index in [2.05, 4.69) is 10.6 Å². The van der Waals surface area contributed by atoms with Crippen molar-refractivity contribution in [3.05, 3.63) is 0 Å². The van der Waals surface area contributed by atoms with Crippen molar-refractivity contribution in [1.82, 2.24) is 10.6 Å². The Balaban J connectivity index is 3.52. The summed E-state index contributed by atoms with van der Waals surface area (Å²) in [6.45, 7) is 6.62. The second-order valence-corrected chi connectivity index (χ2v) is 5.79. The van der Waals surface area contributed by atoms with Crippen molar-refractivity contribution in [3.63, 3.8) is 0 Å². The van der Waals surface area contributed by atoms with E-state index in [4.69, 9.17) is 5.11 Å². The van der Waals surface area contributed by atoms with Crippen LogP contribution in [-0.4, -0.2) is 35.6 Å². The summed E-state index contributed by atoms with van der Waals surface area (Å²) in [5.74, 6) is -0.170. The first-order valence-corrected chi connectivity index (χ1v) is 7.04. The molecule has 0 unspecified atom stereocenters. The van der Waals surface area contributed by atoms with Crippen LogP contribution in [0, 0.1) is 0 Å². The lowest BCUT2D eigenvalue weighted by Crippen LogP contribution is -2.41. The monoisotopic (exact) mass is 272 g/mol. The van der Waals surface area contributed by atoms with E-state index in [1.54, 1.807) is 0 Å². The van der Waals surface area contributed by atoms with Crippen LogP contribution in [0.4, 0.5) is 0 Å². The summed E-state index contributed by atoms with van der Waals surface area (Å²) in [4.78, 5) is 23.0. The fourth-order valence-electron chi connectivity index (χ4n) is 1.61. The molecule has 0 saturated carbocycles. The summed E-state index contributed by atoms with van der Waals surface area (Å²) < 4.78 is 0. The predicted octanol–water partition coefficient (Wildman–Crippen LogP) is 1.35. The number of carbonyl (C=O) groups excluding carboxylic acids is 2. The van der Waals surface area contributed by atoms with Crippen LogP contribution in [0.25, 0.3) is 0 Å². The van der Waals surface area contributed by atoms with Crippen LogP contribution in [0.2, 0.25) is 0 Å². The van der Waals surface area contributed by atoms with Crippen molar-refractivity contribution in [2.24, 2.45) is 0 Å². The average molecular weight is 272 g/mol. The highest BCUT2D eigenvalue weighted by molar-refractivity contribution is 5.83. The summed E-state index contributed by atoms with van der Waals surface area (Å²) in [6.07, 6.45) is 4.19. The number of unbranched alkanes of at least 4 members (excludes halogenated alkanes) is 3. The topological polar surface area (TPSA) is 78.4 Å². The number of rotatable bonds is 9. The van der Waals surface area contributed by atoms with Gasteiger partial charge in [0.2, 0.25) is 11.8 Å². The molecule has 0 radical (unpaired) electrons. The molecule has 5 nitrogen and oxygen atoms in total. The molecule has 3 N–H and O–H groups in total. The van der Waals surface area contributed by atoms with Gasteiger partial charge in [0, 0.05) is 31.5 Å². The first kappa shape index (κ1) is 17.9. The molecule has 0 fully saturated rings. The highest BCUT2D eigenvalue weighted by atomic mass is 16.3. The molecule has 0 saturated heterocycles. The third-order valence-electron chi connectivity index (χ3n) is 2.50. The third kappa shape index (κ3) is 13.1. The van der Waals surface area contributed by atoms with E-state index in [0.29, 0.717) is 6.54 Å². The Morgan fingerprint density at radius 3 is 2.11 bits per heavy atom. The molecule has 0 spiro atoms. The van der Waals surface area contributed by atoms with Gasteiger partial charge in [0.15, 0.2) is 0 Å². The van der Waals surface area contributed by atoms with Crippen LogP contribution >= 0.6 is 0 Å². The van der Waals surface area contributed by atoms with E-state index < -0.39 is 0 Å². The standard InChI is InChI=1S/C14H28N2O3/c1-14(2,3)16-13(19)9-8-12(18)15-10-6-4-5-7-11-17/h17H,4-11H2,1-3H3,(H,15,18)(H,16,19). The third-order valence-corrected chi connectivity index (χ3v) is 2.50. The summed E-state index contributed by atoms with van der Waals surface area (Å²) in [7, 11) is 0. The number of carbonyl (C=O) groups is 2. The number of aliphatic hydroxyl groups is 1. The van der Waals surface area contributed by atoms with Gasteiger partial charge in [-0.05, 0) is 33.6 Å². The molecule has 0 aliphatic carbocycles. The maximum Gasteiger partial charge on any atom is 0.220 e. The molecular formula is C14H28N2O3. The number of hydrogen-bond acceptors (Lipinski definition) is 3. The minimum absolute atomic E-state index is 0.0776. The first-order valence-electron chi connectivity index (χ1n) is 7.04. The average Bonchev–Trinajstić information content (AvgIpc) is 2.29. The zero-order chi connectivity index (χ0) is 14.7. The highest BCUT2D eigenvalue weighted by Gasteiger charge is 2.14. The molecule has 0 aromatic heterocycles. The molecular weight excluding hydrogens is 244 g/mol. The van der Waals surface area contributed by atoms with E-state index >= 15 is 0 Å². The van der Waals surface area contributed by atoms with Gasteiger partial charge in [0.25, 0.3) is 0 Å². The summed E-state index contributed by atoms with van der Waals surface area (Å²) in [5, 5.41) is 14.2. The lowest BCUT2D eigenvalue weighted by Gasteiger charge is -2.20. The zero-order valence-corrected chi connectivity index (χ0v) is 12.4. The normalized spacial score (nSPS) is 11.2. The first-order chi connectivity index (χ1) is 8.85. The van der Waals surface area contributed by atoms with Crippen LogP contribution in [0.15, 0.2) is 0 Å². The van der Waals surface area contributed by atoms with Gasteiger partial charge in [-0.1, -0.05) is 12.8 Å². The molecule has 0 aromatic rings. The van der Waals surface area contributed by atoms with E-state index in [1.165, 1.54) is 0 Å². The minimum atomic E-state index is -0.250. The van der Waals surface area contributed by atoms with Crippen LogP contribution in [-0.2, 0) is 9.59 Å². The van der Waals surface area contributed by atoms with Gasteiger partial charge in [-0.25, -0.2) is 0 Å². The number of amides is 2. The minimum Gasteiger partial charge on any atom is -0.396 e. The molecule has 0 rings (SSSR count). The van der Waals surface area contributed by atoms with Gasteiger partial charge in [0.05, 0.1) is 0 Å². The van der Waals surface area contributed by atoms with Gasteiger partial charge in [0.1, 0.15) is 0 Å². The smallest absolute Gasteiger partial charge is 0.220 e. The van der Waals surface area contributed by atoms with Crippen molar-refractivity contribution in [1.29, 1.82) is 0 Å². The molecule has 0 aromatic carbocycles. The second kappa shape index (κ2) is 9.78. The Bertz CT molecular complexity index is 272. The van der Waals surface area contributed by atoms with Gasteiger partial charge < -0.3 is 15.7 Å². The Kier molecular flexibility index (Phi) is 9.21. The van der Waals surface area contributed by atoms with Crippen molar-refractivity contribution >= 4 is 11.8 Å². The molecule has 0 aliphatic rings. The predicted molar refractivity (Wildman–Crippen MR) is 75.7 cm³/mol. The fraction of sp³-hybridized carbons (Fsp3) is 0.857. The molecule has 2 amide bonds. The highest BCUT2D eigenvalue weighted by Crippen LogP contribution is 2.01. The van der Waals surface area contributed by atoms with Gasteiger partial charge in [-0.2, -0.15) is 0 Å². The van der Waals surface area contributed by atoms with Gasteiger partial charge in [-0.15, -0.1) is 0 Å². The van der Waals surface area contributed by atoms with Crippen LogP contribution < -0.4 is 10.6 Å². The quantitative estimate of drug-likeness (QED) is 0.554.